The number of Topliss-reactive ketones (excluding diaryl/α,β-unsaturated/α-hetero) is 1. The van der Waals surface area contributed by atoms with Gasteiger partial charge in [0.05, 0.1) is 19.2 Å². The van der Waals surface area contributed by atoms with Crippen LogP contribution in [0.15, 0.2) is 47.4 Å². The van der Waals surface area contributed by atoms with Gasteiger partial charge in [-0.1, -0.05) is 19.1 Å². The number of thioether (sulfide) groups is 1. The van der Waals surface area contributed by atoms with Crippen molar-refractivity contribution >= 4 is 29.1 Å². The molecule has 4 nitrogen and oxygen atoms in total. The molecule has 0 fully saturated rings. The van der Waals surface area contributed by atoms with Crippen LogP contribution in [0.25, 0.3) is 0 Å². The Morgan fingerprint density at radius 2 is 2.00 bits per heavy atom. The molecular weight excluding hydrogens is 346 g/mol. The van der Waals surface area contributed by atoms with Gasteiger partial charge >= 0.3 is 0 Å². The molecule has 1 aliphatic heterocycles. The first-order chi connectivity index (χ1) is 12.5. The number of carbonyl (C=O) groups excluding carboxylic acids is 2. The summed E-state index contributed by atoms with van der Waals surface area (Å²) in [6.07, 6.45) is 1.15. The summed E-state index contributed by atoms with van der Waals surface area (Å²) in [4.78, 5) is 27.8. The smallest absolute Gasteiger partial charge is 0.231 e. The molecule has 1 unspecified atom stereocenters. The lowest BCUT2D eigenvalue weighted by atomic mass is 10.0. The molecular formula is C21H23NO3S. The van der Waals surface area contributed by atoms with E-state index in [0.29, 0.717) is 23.1 Å². The summed E-state index contributed by atoms with van der Waals surface area (Å²) in [6.45, 7) is 4.41. The van der Waals surface area contributed by atoms with E-state index in [4.69, 9.17) is 4.74 Å². The number of hydrogen-bond acceptors (Lipinski definition) is 4. The molecule has 0 saturated heterocycles. The van der Waals surface area contributed by atoms with Crippen molar-refractivity contribution in [1.29, 1.82) is 0 Å². The summed E-state index contributed by atoms with van der Waals surface area (Å²) in [5.41, 5.74) is 2.30. The molecule has 136 valence electrons. The number of benzene rings is 2. The summed E-state index contributed by atoms with van der Waals surface area (Å²) in [7, 11) is 1.58. The van der Waals surface area contributed by atoms with Crippen LogP contribution >= 0.6 is 11.8 Å². The molecule has 0 aliphatic carbocycles. The van der Waals surface area contributed by atoms with Crippen molar-refractivity contribution in [1.82, 2.24) is 0 Å². The van der Waals surface area contributed by atoms with Gasteiger partial charge in [-0.2, -0.15) is 0 Å². The summed E-state index contributed by atoms with van der Waals surface area (Å²) in [5, 5.41) is 0.463. The lowest BCUT2D eigenvalue weighted by Gasteiger charge is -2.23. The number of carbonyl (C=O) groups is 2. The SMILES string of the molecule is COc1ccc(C(C)=O)cc1CC(=O)N1CCC(C)Sc2ccccc21. The number of ether oxygens (including phenoxy) is 1. The maximum absolute atomic E-state index is 13.1. The van der Waals surface area contributed by atoms with Crippen LogP contribution in [0.3, 0.4) is 0 Å². The number of anilines is 1. The Morgan fingerprint density at radius 3 is 2.73 bits per heavy atom. The third kappa shape index (κ3) is 3.93. The van der Waals surface area contributed by atoms with Crippen molar-refractivity contribution in [2.24, 2.45) is 0 Å². The molecule has 0 radical (unpaired) electrons. The maximum Gasteiger partial charge on any atom is 0.231 e. The molecule has 3 rings (SSSR count). The summed E-state index contributed by atoms with van der Waals surface area (Å²) >= 11 is 1.81. The second-order valence-corrected chi connectivity index (χ2v) is 7.97. The van der Waals surface area contributed by atoms with Crippen LogP contribution in [0.4, 0.5) is 5.69 Å². The van der Waals surface area contributed by atoms with Crippen LogP contribution < -0.4 is 9.64 Å². The van der Waals surface area contributed by atoms with Gasteiger partial charge in [-0.3, -0.25) is 9.59 Å². The van der Waals surface area contributed by atoms with Crippen molar-refractivity contribution in [3.05, 3.63) is 53.6 Å². The molecule has 26 heavy (non-hydrogen) atoms. The molecule has 1 amide bonds. The molecule has 1 heterocycles. The third-order valence-corrected chi connectivity index (χ3v) is 5.81. The number of nitrogens with zero attached hydrogens (tertiary/aromatic N) is 1. The zero-order chi connectivity index (χ0) is 18.7. The zero-order valence-electron chi connectivity index (χ0n) is 15.3. The van der Waals surface area contributed by atoms with Gasteiger partial charge in [0, 0.05) is 27.8 Å². The van der Waals surface area contributed by atoms with Gasteiger partial charge in [0.1, 0.15) is 5.75 Å². The Balaban J connectivity index is 1.91. The van der Waals surface area contributed by atoms with E-state index < -0.39 is 0 Å². The largest absolute Gasteiger partial charge is 0.496 e. The molecule has 0 N–H and O–H groups in total. The van der Waals surface area contributed by atoms with Crippen molar-refractivity contribution in [3.8, 4) is 5.75 Å². The highest BCUT2D eigenvalue weighted by Crippen LogP contribution is 2.37. The molecule has 1 atom stereocenters. The van der Waals surface area contributed by atoms with E-state index in [1.54, 1.807) is 25.3 Å². The van der Waals surface area contributed by atoms with E-state index in [0.717, 1.165) is 22.6 Å². The Bertz CT molecular complexity index is 834. The van der Waals surface area contributed by atoms with E-state index >= 15 is 0 Å². The Labute approximate surface area is 158 Å². The fraction of sp³-hybridized carbons (Fsp3) is 0.333. The average Bonchev–Trinajstić information content (AvgIpc) is 2.79. The monoisotopic (exact) mass is 369 g/mol. The van der Waals surface area contributed by atoms with Crippen molar-refractivity contribution < 1.29 is 14.3 Å². The second-order valence-electron chi connectivity index (χ2n) is 6.49. The minimum atomic E-state index is -0.0216. The van der Waals surface area contributed by atoms with Crippen molar-refractivity contribution in [3.63, 3.8) is 0 Å². The number of hydrogen-bond donors (Lipinski definition) is 0. The number of fused-ring (bicyclic) bond motifs is 1. The fourth-order valence-electron chi connectivity index (χ4n) is 3.14. The zero-order valence-corrected chi connectivity index (χ0v) is 16.1. The molecule has 5 heteroatoms. The Hall–Kier alpha value is -2.27. The van der Waals surface area contributed by atoms with Crippen molar-refractivity contribution in [2.45, 2.75) is 36.8 Å². The van der Waals surface area contributed by atoms with Gasteiger partial charge in [0.25, 0.3) is 0 Å². The van der Waals surface area contributed by atoms with Crippen LogP contribution in [0, 0.1) is 0 Å². The quantitative estimate of drug-likeness (QED) is 0.752. The molecule has 0 bridgehead atoms. The predicted molar refractivity (Wildman–Crippen MR) is 105 cm³/mol. The van der Waals surface area contributed by atoms with E-state index in [1.807, 2.05) is 34.9 Å². The average molecular weight is 369 g/mol. The number of ketones is 1. The topological polar surface area (TPSA) is 46.6 Å². The highest BCUT2D eigenvalue weighted by Gasteiger charge is 2.25. The highest BCUT2D eigenvalue weighted by molar-refractivity contribution is 8.00. The Kier molecular flexibility index (Phi) is 5.67. The van der Waals surface area contributed by atoms with Gasteiger partial charge in [-0.25, -0.2) is 0 Å². The third-order valence-electron chi connectivity index (χ3n) is 4.57. The molecule has 2 aromatic carbocycles. The fourth-order valence-corrected chi connectivity index (χ4v) is 4.25. The lowest BCUT2D eigenvalue weighted by molar-refractivity contribution is -0.118. The summed E-state index contributed by atoms with van der Waals surface area (Å²) in [5.74, 6) is 0.632. The first-order valence-corrected chi connectivity index (χ1v) is 9.61. The number of amides is 1. The van der Waals surface area contributed by atoms with Crippen molar-refractivity contribution in [2.75, 3.05) is 18.6 Å². The minimum absolute atomic E-state index is 0.0196. The Morgan fingerprint density at radius 1 is 1.23 bits per heavy atom. The summed E-state index contributed by atoms with van der Waals surface area (Å²) in [6, 6.07) is 13.3. The van der Waals surface area contributed by atoms with E-state index in [1.165, 1.54) is 6.92 Å². The molecule has 1 aliphatic rings. The first kappa shape index (κ1) is 18.5. The van der Waals surface area contributed by atoms with E-state index in [2.05, 4.69) is 13.0 Å². The minimum Gasteiger partial charge on any atom is -0.496 e. The molecule has 0 saturated carbocycles. The molecule has 0 aromatic heterocycles. The first-order valence-electron chi connectivity index (χ1n) is 8.73. The van der Waals surface area contributed by atoms with E-state index in [-0.39, 0.29) is 18.1 Å². The number of rotatable bonds is 4. The number of para-hydroxylation sites is 1. The van der Waals surface area contributed by atoms with Crippen LogP contribution in [0.1, 0.15) is 36.2 Å². The standard InChI is InChI=1S/C21H23NO3S/c1-14-10-11-22(18-6-4-5-7-20(18)26-14)21(24)13-17-12-16(15(2)23)8-9-19(17)25-3/h4-9,12,14H,10-11,13H2,1-3H3. The maximum atomic E-state index is 13.1. The second kappa shape index (κ2) is 7.96. The van der Waals surface area contributed by atoms with Crippen LogP contribution in [-0.4, -0.2) is 30.6 Å². The van der Waals surface area contributed by atoms with Crippen LogP contribution in [0.5, 0.6) is 5.75 Å². The lowest BCUT2D eigenvalue weighted by Crippen LogP contribution is -2.33. The highest BCUT2D eigenvalue weighted by atomic mass is 32.2. The summed E-state index contributed by atoms with van der Waals surface area (Å²) < 4.78 is 5.39. The number of methoxy groups -OCH3 is 1. The van der Waals surface area contributed by atoms with Gasteiger partial charge < -0.3 is 9.64 Å². The normalized spacial score (nSPS) is 16.6. The van der Waals surface area contributed by atoms with Crippen LogP contribution in [0.2, 0.25) is 0 Å². The predicted octanol–water partition coefficient (Wildman–Crippen LogP) is 4.36. The van der Waals surface area contributed by atoms with Crippen LogP contribution in [-0.2, 0) is 11.2 Å². The molecule has 2 aromatic rings. The molecule has 0 spiro atoms. The van der Waals surface area contributed by atoms with Gasteiger partial charge in [0.2, 0.25) is 5.91 Å². The van der Waals surface area contributed by atoms with Gasteiger partial charge in [-0.15, -0.1) is 11.8 Å². The van der Waals surface area contributed by atoms with Gasteiger partial charge in [0.15, 0.2) is 5.78 Å². The van der Waals surface area contributed by atoms with E-state index in [9.17, 15) is 9.59 Å². The van der Waals surface area contributed by atoms with Gasteiger partial charge in [-0.05, 0) is 43.7 Å².